The Hall–Kier alpha value is -2.14. The lowest BCUT2D eigenvalue weighted by molar-refractivity contribution is -0.142. The lowest BCUT2D eigenvalue weighted by Crippen LogP contribution is -2.42. The number of aliphatic carboxylic acids is 1. The Balaban J connectivity index is 2.49. The zero-order valence-electron chi connectivity index (χ0n) is 11.1. The quantitative estimate of drug-likeness (QED) is 0.906. The second kappa shape index (κ2) is 5.46. The number of para-hydroxylation sites is 1. The van der Waals surface area contributed by atoms with Gasteiger partial charge in [-0.05, 0) is 26.0 Å². The first-order valence-corrected chi connectivity index (χ1v) is 6.37. The number of benzene rings is 1. The highest BCUT2D eigenvalue weighted by atomic mass is 35.5. The molecule has 5 nitrogen and oxygen atoms in total. The monoisotopic (exact) mass is 291 g/mol. The minimum Gasteiger partial charge on any atom is -0.479 e. The summed E-state index contributed by atoms with van der Waals surface area (Å²) >= 11 is 6.07. The molecule has 1 aromatic heterocycles. The van der Waals surface area contributed by atoms with Crippen molar-refractivity contribution in [1.29, 1.82) is 0 Å². The Morgan fingerprint density at radius 3 is 2.55 bits per heavy atom. The standard InChI is InChI=1S/C14H14ClN3O2/c1-9-12(17-8-7-16-9)14(2,13(19)20)18-11-6-4-3-5-10(11)15/h3-8,18H,1-2H3,(H,19,20). The number of hydrogen-bond acceptors (Lipinski definition) is 4. The van der Waals surface area contributed by atoms with Gasteiger partial charge in [-0.15, -0.1) is 0 Å². The van der Waals surface area contributed by atoms with Crippen molar-refractivity contribution in [3.63, 3.8) is 0 Å². The van der Waals surface area contributed by atoms with E-state index in [1.165, 1.54) is 19.3 Å². The Labute approximate surface area is 121 Å². The van der Waals surface area contributed by atoms with Crippen LogP contribution in [0, 0.1) is 6.92 Å². The van der Waals surface area contributed by atoms with Crippen LogP contribution in [0.25, 0.3) is 0 Å². The third kappa shape index (κ3) is 2.58. The van der Waals surface area contributed by atoms with E-state index in [1.54, 1.807) is 31.2 Å². The van der Waals surface area contributed by atoms with Crippen molar-refractivity contribution in [2.24, 2.45) is 0 Å². The number of nitrogens with one attached hydrogen (secondary N) is 1. The lowest BCUT2D eigenvalue weighted by Gasteiger charge is -2.28. The van der Waals surface area contributed by atoms with Gasteiger partial charge in [0.2, 0.25) is 0 Å². The van der Waals surface area contributed by atoms with E-state index in [4.69, 9.17) is 11.6 Å². The molecule has 1 atom stereocenters. The molecule has 6 heteroatoms. The summed E-state index contributed by atoms with van der Waals surface area (Å²) in [6.07, 6.45) is 2.99. The Bertz CT molecular complexity index is 648. The maximum Gasteiger partial charge on any atom is 0.335 e. The van der Waals surface area contributed by atoms with Gasteiger partial charge in [-0.3, -0.25) is 9.97 Å². The molecule has 1 aromatic carbocycles. The maximum absolute atomic E-state index is 11.7. The molecule has 0 spiro atoms. The van der Waals surface area contributed by atoms with Crippen molar-refractivity contribution < 1.29 is 9.90 Å². The van der Waals surface area contributed by atoms with Crippen LogP contribution in [0.2, 0.25) is 5.02 Å². The van der Waals surface area contributed by atoms with E-state index in [-0.39, 0.29) is 0 Å². The summed E-state index contributed by atoms with van der Waals surface area (Å²) in [5, 5.41) is 13.0. The van der Waals surface area contributed by atoms with Gasteiger partial charge < -0.3 is 10.4 Å². The van der Waals surface area contributed by atoms with Crippen LogP contribution in [-0.2, 0) is 10.3 Å². The molecule has 2 rings (SSSR count). The molecule has 0 aliphatic rings. The molecular formula is C14H14ClN3O2. The summed E-state index contributed by atoms with van der Waals surface area (Å²) in [5.41, 5.74) is 0.0251. The Kier molecular flexibility index (Phi) is 3.90. The minimum atomic E-state index is -1.41. The van der Waals surface area contributed by atoms with Crippen LogP contribution in [0.1, 0.15) is 18.3 Å². The van der Waals surface area contributed by atoms with Gasteiger partial charge in [0, 0.05) is 12.4 Å². The first-order chi connectivity index (χ1) is 9.45. The molecule has 0 bridgehead atoms. The molecule has 0 saturated carbocycles. The Morgan fingerprint density at radius 1 is 1.30 bits per heavy atom. The van der Waals surface area contributed by atoms with Crippen LogP contribution in [0.15, 0.2) is 36.7 Å². The maximum atomic E-state index is 11.7. The van der Waals surface area contributed by atoms with Crippen LogP contribution >= 0.6 is 11.6 Å². The summed E-state index contributed by atoms with van der Waals surface area (Å²) in [7, 11) is 0. The third-order valence-electron chi connectivity index (χ3n) is 3.04. The van der Waals surface area contributed by atoms with E-state index < -0.39 is 11.5 Å². The molecule has 20 heavy (non-hydrogen) atoms. The topological polar surface area (TPSA) is 75.1 Å². The number of hydrogen-bond donors (Lipinski definition) is 2. The van der Waals surface area contributed by atoms with E-state index in [0.29, 0.717) is 22.1 Å². The van der Waals surface area contributed by atoms with Crippen molar-refractivity contribution in [3.8, 4) is 0 Å². The van der Waals surface area contributed by atoms with Crippen LogP contribution in [0.3, 0.4) is 0 Å². The minimum absolute atomic E-state index is 0.354. The fraction of sp³-hybridized carbons (Fsp3) is 0.214. The second-order valence-corrected chi connectivity index (χ2v) is 4.93. The highest BCUT2D eigenvalue weighted by Gasteiger charge is 2.38. The van der Waals surface area contributed by atoms with Gasteiger partial charge in [0.1, 0.15) is 0 Å². The van der Waals surface area contributed by atoms with Crippen molar-refractivity contribution in [1.82, 2.24) is 9.97 Å². The summed E-state index contributed by atoms with van der Waals surface area (Å²) in [4.78, 5) is 20.0. The molecule has 2 aromatic rings. The SMILES string of the molecule is Cc1nccnc1C(C)(Nc1ccccc1Cl)C(=O)O. The molecule has 2 N–H and O–H groups in total. The number of aryl methyl sites for hydroxylation is 1. The van der Waals surface area contributed by atoms with Gasteiger partial charge in [-0.2, -0.15) is 0 Å². The number of halogens is 1. The second-order valence-electron chi connectivity index (χ2n) is 4.53. The van der Waals surface area contributed by atoms with Gasteiger partial charge in [-0.25, -0.2) is 4.79 Å². The lowest BCUT2D eigenvalue weighted by atomic mass is 9.95. The van der Waals surface area contributed by atoms with Crippen LogP contribution in [0.5, 0.6) is 0 Å². The average Bonchev–Trinajstić information content (AvgIpc) is 2.41. The molecule has 0 aliphatic heterocycles. The molecule has 0 amide bonds. The van der Waals surface area contributed by atoms with Gasteiger partial charge in [-0.1, -0.05) is 23.7 Å². The van der Waals surface area contributed by atoms with Gasteiger partial charge in [0.15, 0.2) is 5.54 Å². The van der Waals surface area contributed by atoms with Gasteiger partial charge >= 0.3 is 5.97 Å². The van der Waals surface area contributed by atoms with Crippen LogP contribution in [0.4, 0.5) is 5.69 Å². The molecule has 1 heterocycles. The number of carboxylic acids is 1. The fourth-order valence-electron chi connectivity index (χ4n) is 1.94. The van der Waals surface area contributed by atoms with E-state index >= 15 is 0 Å². The van der Waals surface area contributed by atoms with Crippen molar-refractivity contribution in [3.05, 3.63) is 53.1 Å². The molecule has 0 fully saturated rings. The highest BCUT2D eigenvalue weighted by Crippen LogP contribution is 2.30. The molecule has 1 unspecified atom stereocenters. The number of carbonyl (C=O) groups is 1. The van der Waals surface area contributed by atoms with Crippen molar-refractivity contribution in [2.75, 3.05) is 5.32 Å². The zero-order chi connectivity index (χ0) is 14.8. The molecule has 0 radical (unpaired) electrons. The Morgan fingerprint density at radius 2 is 1.95 bits per heavy atom. The predicted molar refractivity (Wildman–Crippen MR) is 76.8 cm³/mol. The van der Waals surface area contributed by atoms with Crippen molar-refractivity contribution >= 4 is 23.3 Å². The summed E-state index contributed by atoms with van der Waals surface area (Å²) in [5.74, 6) is -1.05. The first kappa shape index (κ1) is 14.3. The normalized spacial score (nSPS) is 13.6. The fourth-order valence-corrected chi connectivity index (χ4v) is 2.13. The molecular weight excluding hydrogens is 278 g/mol. The summed E-state index contributed by atoms with van der Waals surface area (Å²) < 4.78 is 0. The number of carboxylic acid groups (broad SMARTS) is 1. The third-order valence-corrected chi connectivity index (χ3v) is 3.37. The molecule has 104 valence electrons. The van der Waals surface area contributed by atoms with Crippen molar-refractivity contribution in [2.45, 2.75) is 19.4 Å². The summed E-state index contributed by atoms with van der Waals surface area (Å²) in [6, 6.07) is 6.96. The van der Waals surface area contributed by atoms with E-state index in [2.05, 4.69) is 15.3 Å². The number of aromatic nitrogens is 2. The average molecular weight is 292 g/mol. The number of anilines is 1. The number of nitrogens with zero attached hydrogens (tertiary/aromatic N) is 2. The predicted octanol–water partition coefficient (Wildman–Crippen LogP) is 2.85. The molecule has 0 saturated heterocycles. The van der Waals surface area contributed by atoms with Crippen LogP contribution in [-0.4, -0.2) is 21.0 Å². The highest BCUT2D eigenvalue weighted by molar-refractivity contribution is 6.33. The van der Waals surface area contributed by atoms with Gasteiger partial charge in [0.25, 0.3) is 0 Å². The smallest absolute Gasteiger partial charge is 0.335 e. The van der Waals surface area contributed by atoms with E-state index in [1.807, 2.05) is 0 Å². The van der Waals surface area contributed by atoms with Crippen LogP contribution < -0.4 is 5.32 Å². The summed E-state index contributed by atoms with van der Waals surface area (Å²) in [6.45, 7) is 3.26. The first-order valence-electron chi connectivity index (χ1n) is 5.99. The molecule has 0 aliphatic carbocycles. The van der Waals surface area contributed by atoms with Gasteiger partial charge in [0.05, 0.1) is 22.1 Å². The van der Waals surface area contributed by atoms with E-state index in [9.17, 15) is 9.90 Å². The number of rotatable bonds is 4. The zero-order valence-corrected chi connectivity index (χ0v) is 11.8. The largest absolute Gasteiger partial charge is 0.479 e. The van der Waals surface area contributed by atoms with E-state index in [0.717, 1.165) is 0 Å².